The fourth-order valence-electron chi connectivity index (χ4n) is 1.90. The fourth-order valence-corrected chi connectivity index (χ4v) is 2.51. The van der Waals surface area contributed by atoms with E-state index in [1.54, 1.807) is 0 Å². The zero-order valence-corrected chi connectivity index (χ0v) is 12.0. The van der Waals surface area contributed by atoms with E-state index < -0.39 is 17.2 Å². The van der Waals surface area contributed by atoms with Gasteiger partial charge in [-0.15, -0.1) is 0 Å². The standard InChI is InChI=1S/C12H6Cl2F2N4O/c1-21-5-2-6(15)8(7(16)3-5)9-10(13)19-12-17-4-18-20(12)11(9)14/h2-4H,1H3. The van der Waals surface area contributed by atoms with Gasteiger partial charge in [0.1, 0.15) is 34.0 Å². The molecule has 5 nitrogen and oxygen atoms in total. The number of nitrogens with zero attached hydrogens (tertiary/aromatic N) is 4. The molecule has 0 spiro atoms. The molecule has 0 N–H and O–H groups in total. The average Bonchev–Trinajstić information content (AvgIpc) is 2.89. The first-order valence-electron chi connectivity index (χ1n) is 5.61. The Morgan fingerprint density at radius 3 is 2.43 bits per heavy atom. The molecule has 0 atom stereocenters. The molecule has 0 unspecified atom stereocenters. The van der Waals surface area contributed by atoms with Crippen molar-refractivity contribution in [1.29, 1.82) is 0 Å². The lowest BCUT2D eigenvalue weighted by Crippen LogP contribution is -2.01. The van der Waals surface area contributed by atoms with E-state index in [1.165, 1.54) is 13.4 Å². The third-order valence-electron chi connectivity index (χ3n) is 2.83. The van der Waals surface area contributed by atoms with E-state index in [-0.39, 0.29) is 27.4 Å². The number of halogens is 4. The van der Waals surface area contributed by atoms with Crippen molar-refractivity contribution in [1.82, 2.24) is 19.6 Å². The minimum Gasteiger partial charge on any atom is -0.497 e. The molecule has 21 heavy (non-hydrogen) atoms. The second kappa shape index (κ2) is 5.09. The van der Waals surface area contributed by atoms with Crippen LogP contribution in [0, 0.1) is 11.6 Å². The quantitative estimate of drug-likeness (QED) is 0.676. The topological polar surface area (TPSA) is 52.3 Å². The Kier molecular flexibility index (Phi) is 3.38. The number of rotatable bonds is 2. The number of benzene rings is 1. The molecular weight excluding hydrogens is 325 g/mol. The number of hydrogen-bond acceptors (Lipinski definition) is 4. The summed E-state index contributed by atoms with van der Waals surface area (Å²) in [7, 11) is 1.30. The summed E-state index contributed by atoms with van der Waals surface area (Å²) < 4.78 is 34.2. The molecule has 0 radical (unpaired) electrons. The Morgan fingerprint density at radius 1 is 1.14 bits per heavy atom. The third kappa shape index (κ3) is 2.18. The normalized spacial score (nSPS) is 11.1. The van der Waals surface area contributed by atoms with Crippen LogP contribution in [0.5, 0.6) is 5.75 Å². The number of fused-ring (bicyclic) bond motifs is 1. The maximum atomic E-state index is 14.2. The molecule has 0 saturated carbocycles. The molecule has 0 aliphatic heterocycles. The molecule has 9 heteroatoms. The van der Waals surface area contributed by atoms with Gasteiger partial charge in [0.25, 0.3) is 5.78 Å². The van der Waals surface area contributed by atoms with E-state index >= 15 is 0 Å². The molecule has 3 rings (SSSR count). The zero-order chi connectivity index (χ0) is 15.1. The van der Waals surface area contributed by atoms with Crippen LogP contribution in [0.3, 0.4) is 0 Å². The summed E-state index contributed by atoms with van der Waals surface area (Å²) in [4.78, 5) is 7.72. The highest BCUT2D eigenvalue weighted by Crippen LogP contribution is 2.38. The predicted molar refractivity (Wildman–Crippen MR) is 72.7 cm³/mol. The van der Waals surface area contributed by atoms with Crippen LogP contribution in [0.25, 0.3) is 16.9 Å². The van der Waals surface area contributed by atoms with E-state index in [9.17, 15) is 8.78 Å². The Labute approximate surface area is 127 Å². The van der Waals surface area contributed by atoms with Crippen LogP contribution in [0.15, 0.2) is 18.5 Å². The van der Waals surface area contributed by atoms with Gasteiger partial charge in [-0.3, -0.25) is 0 Å². The van der Waals surface area contributed by atoms with Gasteiger partial charge in [-0.2, -0.15) is 19.6 Å². The summed E-state index contributed by atoms with van der Waals surface area (Å²) in [5.74, 6) is -1.59. The lowest BCUT2D eigenvalue weighted by Gasteiger charge is -2.11. The van der Waals surface area contributed by atoms with Crippen LogP contribution >= 0.6 is 23.2 Å². The fraction of sp³-hybridized carbons (Fsp3) is 0.0833. The minimum absolute atomic E-state index is 0.0378. The monoisotopic (exact) mass is 330 g/mol. The van der Waals surface area contributed by atoms with Gasteiger partial charge in [0, 0.05) is 12.1 Å². The van der Waals surface area contributed by atoms with Gasteiger partial charge in [0.2, 0.25) is 0 Å². The number of hydrogen-bond donors (Lipinski definition) is 0. The van der Waals surface area contributed by atoms with Crippen molar-refractivity contribution in [2.75, 3.05) is 7.11 Å². The van der Waals surface area contributed by atoms with Gasteiger partial charge >= 0.3 is 0 Å². The summed E-state index contributed by atoms with van der Waals surface area (Å²) >= 11 is 12.1. The lowest BCUT2D eigenvalue weighted by atomic mass is 10.1. The van der Waals surface area contributed by atoms with Crippen LogP contribution in [-0.2, 0) is 0 Å². The first-order chi connectivity index (χ1) is 10.0. The molecule has 0 bridgehead atoms. The van der Waals surface area contributed by atoms with Crippen molar-refractivity contribution in [2.45, 2.75) is 0 Å². The predicted octanol–water partition coefficient (Wildman–Crippen LogP) is 3.38. The second-order valence-electron chi connectivity index (χ2n) is 4.01. The maximum absolute atomic E-state index is 14.2. The number of aromatic nitrogens is 4. The Balaban J connectivity index is 2.35. The summed E-state index contributed by atoms with van der Waals surface area (Å²) in [6, 6.07) is 2.05. The molecule has 0 aliphatic carbocycles. The molecule has 0 amide bonds. The molecule has 0 aliphatic rings. The molecule has 0 saturated heterocycles. The minimum atomic E-state index is -0.878. The molecule has 2 heterocycles. The van der Waals surface area contributed by atoms with Crippen LogP contribution < -0.4 is 4.74 Å². The first kappa shape index (κ1) is 14.0. The van der Waals surface area contributed by atoms with Crippen LogP contribution in [0.1, 0.15) is 0 Å². The second-order valence-corrected chi connectivity index (χ2v) is 4.72. The molecule has 1 aromatic carbocycles. The highest BCUT2D eigenvalue weighted by Gasteiger charge is 2.23. The van der Waals surface area contributed by atoms with Crippen molar-refractivity contribution in [3.63, 3.8) is 0 Å². The molecule has 2 aromatic heterocycles. The smallest absolute Gasteiger partial charge is 0.255 e. The average molecular weight is 331 g/mol. The van der Waals surface area contributed by atoms with Gasteiger partial charge in [-0.25, -0.2) is 8.78 Å². The van der Waals surface area contributed by atoms with E-state index in [2.05, 4.69) is 15.1 Å². The van der Waals surface area contributed by atoms with Gasteiger partial charge < -0.3 is 4.74 Å². The maximum Gasteiger partial charge on any atom is 0.255 e. The van der Waals surface area contributed by atoms with E-state index in [4.69, 9.17) is 27.9 Å². The molecular formula is C12H6Cl2F2N4O. The summed E-state index contributed by atoms with van der Waals surface area (Å²) in [5.41, 5.74) is -0.510. The van der Waals surface area contributed by atoms with Crippen molar-refractivity contribution in [2.24, 2.45) is 0 Å². The number of ether oxygens (including phenoxy) is 1. The van der Waals surface area contributed by atoms with Crippen LogP contribution in [-0.4, -0.2) is 26.7 Å². The lowest BCUT2D eigenvalue weighted by molar-refractivity contribution is 0.407. The summed E-state index contributed by atoms with van der Waals surface area (Å²) in [6.07, 6.45) is 1.20. The highest BCUT2D eigenvalue weighted by molar-refractivity contribution is 6.38. The van der Waals surface area contributed by atoms with Crippen molar-refractivity contribution < 1.29 is 13.5 Å². The van der Waals surface area contributed by atoms with E-state index in [1.807, 2.05) is 0 Å². The van der Waals surface area contributed by atoms with Crippen LogP contribution in [0.2, 0.25) is 10.3 Å². The SMILES string of the molecule is COc1cc(F)c(-c2c(Cl)nc3ncnn3c2Cl)c(F)c1. The summed E-state index contributed by atoms with van der Waals surface area (Å²) in [6.45, 7) is 0. The highest BCUT2D eigenvalue weighted by atomic mass is 35.5. The van der Waals surface area contributed by atoms with E-state index in [0.717, 1.165) is 16.6 Å². The first-order valence-corrected chi connectivity index (χ1v) is 6.36. The summed E-state index contributed by atoms with van der Waals surface area (Å²) in [5, 5.41) is 3.55. The van der Waals surface area contributed by atoms with Gasteiger partial charge in [-0.05, 0) is 0 Å². The van der Waals surface area contributed by atoms with Gasteiger partial charge in [0.15, 0.2) is 0 Å². The largest absolute Gasteiger partial charge is 0.497 e. The van der Waals surface area contributed by atoms with Crippen molar-refractivity contribution in [3.8, 4) is 16.9 Å². The number of methoxy groups -OCH3 is 1. The Morgan fingerprint density at radius 2 is 1.81 bits per heavy atom. The zero-order valence-electron chi connectivity index (χ0n) is 10.4. The van der Waals surface area contributed by atoms with Crippen molar-refractivity contribution in [3.05, 3.63) is 40.4 Å². The van der Waals surface area contributed by atoms with Crippen molar-refractivity contribution >= 4 is 29.0 Å². The van der Waals surface area contributed by atoms with Crippen LogP contribution in [0.4, 0.5) is 8.78 Å². The van der Waals surface area contributed by atoms with Gasteiger partial charge in [-0.1, -0.05) is 23.2 Å². The Bertz CT molecular complexity index is 830. The van der Waals surface area contributed by atoms with E-state index in [0.29, 0.717) is 0 Å². The molecule has 108 valence electrons. The van der Waals surface area contributed by atoms with Gasteiger partial charge in [0.05, 0.1) is 18.2 Å². The Hall–Kier alpha value is -1.99. The third-order valence-corrected chi connectivity index (χ3v) is 3.45. The molecule has 0 fully saturated rings. The molecule has 3 aromatic rings.